The smallest absolute Gasteiger partial charge is 0.309 e. The first kappa shape index (κ1) is 29.1. The molecule has 1 aliphatic heterocycles. The second-order valence-corrected chi connectivity index (χ2v) is 10.9. The maximum Gasteiger partial charge on any atom is 0.309 e. The Morgan fingerprint density at radius 1 is 1.21 bits per heavy atom. The molecule has 3 aromatic rings. The monoisotopic (exact) mass is 566 g/mol. The van der Waals surface area contributed by atoms with Gasteiger partial charge in [0.2, 0.25) is 0 Å². The number of methoxy groups -OCH3 is 1. The van der Waals surface area contributed by atoms with E-state index < -0.39 is 41.6 Å². The summed E-state index contributed by atoms with van der Waals surface area (Å²) in [6, 6.07) is 6.58. The maximum atomic E-state index is 13.9. The Bertz CT molecular complexity index is 1330. The van der Waals surface area contributed by atoms with Gasteiger partial charge in [0.05, 0.1) is 24.1 Å². The van der Waals surface area contributed by atoms with Crippen LogP contribution in [0.4, 0.5) is 17.6 Å². The zero-order valence-corrected chi connectivity index (χ0v) is 22.2. The summed E-state index contributed by atoms with van der Waals surface area (Å²) in [5, 5.41) is 21.8. The number of likely N-dealkylation sites (tertiary alicyclic amines) is 1. The molecule has 1 aliphatic rings. The van der Waals surface area contributed by atoms with Gasteiger partial charge in [-0.1, -0.05) is 0 Å². The number of carboxylic acid groups (broad SMARTS) is 1. The molecule has 0 amide bonds. The molecule has 210 valence electrons. The Labute approximate surface area is 228 Å². The number of carbonyl (C=O) groups is 1. The molecule has 2 heterocycles. The highest BCUT2D eigenvalue weighted by Gasteiger charge is 2.41. The topological polar surface area (TPSA) is 82.9 Å². The molecule has 1 saturated heterocycles. The number of fused-ring (bicyclic) bond motifs is 1. The summed E-state index contributed by atoms with van der Waals surface area (Å²) >= 11 is 1.00. The zero-order chi connectivity index (χ0) is 28.2. The van der Waals surface area contributed by atoms with Gasteiger partial charge in [0, 0.05) is 40.4 Å². The Morgan fingerprint density at radius 2 is 1.95 bits per heavy atom. The summed E-state index contributed by atoms with van der Waals surface area (Å²) in [7, 11) is 1.50. The van der Waals surface area contributed by atoms with Gasteiger partial charge in [0.15, 0.2) is 11.6 Å². The predicted molar refractivity (Wildman–Crippen MR) is 140 cm³/mol. The maximum absolute atomic E-state index is 13.9. The number of aliphatic hydroxyl groups is 1. The van der Waals surface area contributed by atoms with Crippen LogP contribution in [0.25, 0.3) is 10.9 Å². The first-order valence-electron chi connectivity index (χ1n) is 12.6. The van der Waals surface area contributed by atoms with Crippen LogP contribution in [-0.2, 0) is 11.5 Å². The Balaban J connectivity index is 1.39. The van der Waals surface area contributed by atoms with Gasteiger partial charge >= 0.3 is 5.97 Å². The van der Waals surface area contributed by atoms with Crippen LogP contribution >= 0.6 is 11.8 Å². The minimum absolute atomic E-state index is 0.104. The van der Waals surface area contributed by atoms with Crippen LogP contribution in [0, 0.1) is 22.9 Å². The molecular formula is C28H30F4N2O4S. The Morgan fingerprint density at radius 3 is 2.62 bits per heavy atom. The molecule has 0 unspecified atom stereocenters. The van der Waals surface area contributed by atoms with Crippen LogP contribution in [-0.4, -0.2) is 58.6 Å². The highest BCUT2D eigenvalue weighted by atomic mass is 32.2. The summed E-state index contributed by atoms with van der Waals surface area (Å²) in [6.45, 7) is 0.600. The molecule has 2 aromatic carbocycles. The molecule has 2 N–H and O–H groups in total. The Kier molecular flexibility index (Phi) is 9.35. The molecule has 0 saturated carbocycles. The molecule has 1 fully saturated rings. The van der Waals surface area contributed by atoms with Crippen molar-refractivity contribution < 1.29 is 37.3 Å². The van der Waals surface area contributed by atoms with E-state index in [4.69, 9.17) is 4.74 Å². The fourth-order valence-corrected chi connectivity index (χ4v) is 6.10. The quantitative estimate of drug-likeness (QED) is 0.170. The lowest BCUT2D eigenvalue weighted by Crippen LogP contribution is -2.45. The van der Waals surface area contributed by atoms with Crippen LogP contribution < -0.4 is 4.74 Å². The molecule has 1 aromatic heterocycles. The third-order valence-corrected chi connectivity index (χ3v) is 8.46. The highest BCUT2D eigenvalue weighted by molar-refractivity contribution is 7.99. The number of aliphatic hydroxyl groups excluding tert-OH is 1. The number of piperidine rings is 1. The number of hydrogen-bond donors (Lipinski definition) is 2. The van der Waals surface area contributed by atoms with Gasteiger partial charge in [-0.15, -0.1) is 11.8 Å². The second kappa shape index (κ2) is 12.5. The van der Waals surface area contributed by atoms with Crippen molar-refractivity contribution in [3.63, 3.8) is 0 Å². The highest BCUT2D eigenvalue weighted by Crippen LogP contribution is 2.40. The number of benzene rings is 2. The number of ether oxygens (including phenoxy) is 1. The number of alkyl halides is 1. The number of carboxylic acids is 1. The molecule has 0 aliphatic carbocycles. The normalized spacial score (nSPS) is 16.4. The van der Waals surface area contributed by atoms with Crippen molar-refractivity contribution in [3.05, 3.63) is 65.1 Å². The van der Waals surface area contributed by atoms with Crippen molar-refractivity contribution in [2.45, 2.75) is 43.4 Å². The summed E-state index contributed by atoms with van der Waals surface area (Å²) in [6.07, 6.45) is 1.28. The van der Waals surface area contributed by atoms with Gasteiger partial charge in [0.1, 0.15) is 18.2 Å². The van der Waals surface area contributed by atoms with Crippen molar-refractivity contribution in [2.24, 2.45) is 5.41 Å². The molecule has 4 rings (SSSR count). The summed E-state index contributed by atoms with van der Waals surface area (Å²) in [5.74, 6) is -3.20. The molecule has 11 heteroatoms. The molecular weight excluding hydrogens is 536 g/mol. The average molecular weight is 567 g/mol. The molecule has 0 bridgehead atoms. The molecule has 39 heavy (non-hydrogen) atoms. The van der Waals surface area contributed by atoms with Crippen molar-refractivity contribution in [1.29, 1.82) is 0 Å². The molecule has 0 radical (unpaired) electrons. The zero-order valence-electron chi connectivity index (χ0n) is 21.4. The Hall–Kier alpha value is -2.89. The van der Waals surface area contributed by atoms with Crippen molar-refractivity contribution in [2.75, 3.05) is 32.5 Å². The number of nitrogens with zero attached hydrogens (tertiary/aromatic N) is 2. The summed E-state index contributed by atoms with van der Waals surface area (Å²) in [4.78, 5) is 18.5. The van der Waals surface area contributed by atoms with E-state index in [-0.39, 0.29) is 23.3 Å². The van der Waals surface area contributed by atoms with Crippen LogP contribution in [0.5, 0.6) is 5.75 Å². The van der Waals surface area contributed by atoms with Crippen LogP contribution in [0.2, 0.25) is 0 Å². The number of rotatable bonds is 11. The lowest BCUT2D eigenvalue weighted by atomic mass is 9.74. The van der Waals surface area contributed by atoms with Crippen molar-refractivity contribution in [1.82, 2.24) is 9.88 Å². The summed E-state index contributed by atoms with van der Waals surface area (Å²) in [5.41, 5.74) is 0.146. The number of hydrogen-bond acceptors (Lipinski definition) is 6. The third-order valence-electron chi connectivity index (χ3n) is 7.46. The number of aliphatic carboxylic acids is 1. The predicted octanol–water partition coefficient (Wildman–Crippen LogP) is 5.90. The van der Waals surface area contributed by atoms with E-state index in [1.165, 1.54) is 13.3 Å². The van der Waals surface area contributed by atoms with E-state index in [0.717, 1.165) is 17.8 Å². The average Bonchev–Trinajstić information content (AvgIpc) is 2.93. The minimum Gasteiger partial charge on any atom is -0.497 e. The van der Waals surface area contributed by atoms with E-state index in [0.29, 0.717) is 66.5 Å². The number of pyridine rings is 1. The fourth-order valence-electron chi connectivity index (χ4n) is 5.12. The van der Waals surface area contributed by atoms with Gasteiger partial charge in [-0.05, 0) is 68.6 Å². The van der Waals surface area contributed by atoms with E-state index >= 15 is 0 Å². The number of thioether (sulfide) groups is 1. The van der Waals surface area contributed by atoms with Crippen LogP contribution in [0.3, 0.4) is 0 Å². The third kappa shape index (κ3) is 6.47. The fraction of sp³-hybridized carbons (Fsp3) is 0.429. The molecule has 1 atom stereocenters. The first-order chi connectivity index (χ1) is 18.7. The van der Waals surface area contributed by atoms with Gasteiger partial charge < -0.3 is 19.8 Å². The van der Waals surface area contributed by atoms with Crippen LogP contribution in [0.1, 0.15) is 42.9 Å². The lowest BCUT2D eigenvalue weighted by Gasteiger charge is -2.39. The van der Waals surface area contributed by atoms with E-state index in [9.17, 15) is 32.6 Å². The first-order valence-corrected chi connectivity index (χ1v) is 13.6. The molecule has 0 spiro atoms. The second-order valence-electron chi connectivity index (χ2n) is 9.74. The SMILES string of the molecule is COc1ccc2ncc(CF)c([C@@H](O)CCC3(C(=O)O)CCN(CCSc4cc(F)cc(F)c4F)CC3)c2c1. The number of aromatic nitrogens is 1. The summed E-state index contributed by atoms with van der Waals surface area (Å²) < 4.78 is 59.8. The largest absolute Gasteiger partial charge is 0.497 e. The van der Waals surface area contributed by atoms with E-state index in [1.807, 2.05) is 4.90 Å². The van der Waals surface area contributed by atoms with E-state index in [2.05, 4.69) is 4.98 Å². The van der Waals surface area contributed by atoms with Gasteiger partial charge in [-0.3, -0.25) is 9.78 Å². The lowest BCUT2D eigenvalue weighted by molar-refractivity contribution is -0.153. The molecule has 6 nitrogen and oxygen atoms in total. The minimum atomic E-state index is -1.23. The van der Waals surface area contributed by atoms with Crippen molar-refractivity contribution in [3.8, 4) is 5.75 Å². The van der Waals surface area contributed by atoms with Gasteiger partial charge in [-0.2, -0.15) is 0 Å². The standard InChI is InChI=1S/C28H30F4N2O4S/c1-38-19-2-3-22-20(14-19)25(17(15-29)16-33-22)23(35)4-5-28(27(36)37)6-8-34(9-7-28)10-11-39-24-13-18(30)12-21(31)26(24)32/h2-3,12-14,16,23,35H,4-11,15H2,1H3,(H,36,37)/t23-/m0/s1. The van der Waals surface area contributed by atoms with Gasteiger partial charge in [0.25, 0.3) is 0 Å². The van der Waals surface area contributed by atoms with Crippen molar-refractivity contribution >= 4 is 28.6 Å². The van der Waals surface area contributed by atoms with Crippen LogP contribution in [0.15, 0.2) is 41.4 Å². The van der Waals surface area contributed by atoms with E-state index in [1.54, 1.807) is 18.2 Å². The number of halogens is 4. The van der Waals surface area contributed by atoms with Gasteiger partial charge in [-0.25, -0.2) is 17.6 Å².